The third-order valence-electron chi connectivity index (χ3n) is 5.51. The Hall–Kier alpha value is -3.17. The zero-order valence-corrected chi connectivity index (χ0v) is 17.7. The fourth-order valence-corrected chi connectivity index (χ4v) is 4.52. The summed E-state index contributed by atoms with van der Waals surface area (Å²) in [5, 5.41) is 16.0. The van der Waals surface area contributed by atoms with Crippen molar-refractivity contribution >= 4 is 37.7 Å². The van der Waals surface area contributed by atoms with Gasteiger partial charge in [-0.05, 0) is 54.1 Å². The number of hydrogen-bond donors (Lipinski definition) is 2. The SMILES string of the molecule is OC(c1ccc2c(cnn2-c2ccc(F)cc2)c1)(c1c[nH]c2cccc(Br)c12)C(F)(F)F. The van der Waals surface area contributed by atoms with Gasteiger partial charge in [-0.2, -0.15) is 18.3 Å². The van der Waals surface area contributed by atoms with Crippen LogP contribution in [0.3, 0.4) is 0 Å². The number of hydrogen-bond acceptors (Lipinski definition) is 2. The molecule has 162 valence electrons. The molecule has 0 aliphatic heterocycles. The molecular weight excluding hydrogens is 490 g/mol. The van der Waals surface area contributed by atoms with E-state index in [9.17, 15) is 22.7 Å². The lowest BCUT2D eigenvalue weighted by atomic mass is 9.85. The summed E-state index contributed by atoms with van der Waals surface area (Å²) >= 11 is 3.29. The fourth-order valence-electron chi connectivity index (χ4n) is 3.94. The molecular formula is C23H14BrF4N3O. The molecule has 5 aromatic rings. The molecule has 1 atom stereocenters. The van der Waals surface area contributed by atoms with Crippen LogP contribution in [0.5, 0.6) is 0 Å². The van der Waals surface area contributed by atoms with E-state index < -0.39 is 17.6 Å². The van der Waals surface area contributed by atoms with Crippen LogP contribution in [0, 0.1) is 5.82 Å². The van der Waals surface area contributed by atoms with Crippen LogP contribution in [0.15, 0.2) is 77.5 Å². The van der Waals surface area contributed by atoms with Gasteiger partial charge in [-0.25, -0.2) is 9.07 Å². The molecule has 9 heteroatoms. The molecule has 1 unspecified atom stereocenters. The largest absolute Gasteiger partial charge is 0.425 e. The average molecular weight is 504 g/mol. The van der Waals surface area contributed by atoms with Gasteiger partial charge in [0, 0.05) is 32.5 Å². The summed E-state index contributed by atoms with van der Waals surface area (Å²) in [6.45, 7) is 0. The number of alkyl halides is 3. The zero-order chi connectivity index (χ0) is 22.7. The van der Waals surface area contributed by atoms with Gasteiger partial charge in [-0.1, -0.05) is 28.1 Å². The second-order valence-electron chi connectivity index (χ2n) is 7.38. The highest BCUT2D eigenvalue weighted by Crippen LogP contribution is 2.48. The maximum absolute atomic E-state index is 14.4. The van der Waals surface area contributed by atoms with Crippen molar-refractivity contribution in [2.45, 2.75) is 11.8 Å². The normalized spacial score (nSPS) is 14.2. The number of H-pyrrole nitrogens is 1. The number of nitrogens with one attached hydrogen (secondary N) is 1. The summed E-state index contributed by atoms with van der Waals surface area (Å²) in [6.07, 6.45) is -2.42. The van der Waals surface area contributed by atoms with Gasteiger partial charge in [0.2, 0.25) is 5.60 Å². The van der Waals surface area contributed by atoms with E-state index in [0.29, 0.717) is 26.6 Å². The van der Waals surface area contributed by atoms with Gasteiger partial charge in [-0.3, -0.25) is 0 Å². The second kappa shape index (κ2) is 7.18. The topological polar surface area (TPSA) is 53.8 Å². The van der Waals surface area contributed by atoms with Crippen molar-refractivity contribution < 1.29 is 22.7 Å². The fraction of sp³-hybridized carbons (Fsp3) is 0.0870. The zero-order valence-electron chi connectivity index (χ0n) is 16.2. The van der Waals surface area contributed by atoms with Crippen LogP contribution in [-0.2, 0) is 5.60 Å². The van der Waals surface area contributed by atoms with E-state index in [-0.39, 0.29) is 16.5 Å². The first-order valence-electron chi connectivity index (χ1n) is 9.49. The van der Waals surface area contributed by atoms with E-state index in [2.05, 4.69) is 26.0 Å². The number of aliphatic hydroxyl groups is 1. The number of rotatable bonds is 3. The van der Waals surface area contributed by atoms with Gasteiger partial charge in [0.15, 0.2) is 0 Å². The number of halogens is 5. The second-order valence-corrected chi connectivity index (χ2v) is 8.23. The Kier molecular flexibility index (Phi) is 4.65. The van der Waals surface area contributed by atoms with E-state index in [1.54, 1.807) is 18.2 Å². The molecule has 0 saturated carbocycles. The lowest BCUT2D eigenvalue weighted by Crippen LogP contribution is -2.43. The number of nitrogens with zero attached hydrogens (tertiary/aromatic N) is 2. The Labute approximate surface area is 187 Å². The summed E-state index contributed by atoms with van der Waals surface area (Å²) in [4.78, 5) is 2.81. The van der Waals surface area contributed by atoms with Gasteiger partial charge in [-0.15, -0.1) is 0 Å². The molecule has 0 aliphatic rings. The maximum Gasteiger partial charge on any atom is 0.425 e. The number of aromatic nitrogens is 3. The summed E-state index contributed by atoms with van der Waals surface area (Å²) in [7, 11) is 0. The number of aromatic amines is 1. The predicted molar refractivity (Wildman–Crippen MR) is 116 cm³/mol. The van der Waals surface area contributed by atoms with E-state index >= 15 is 0 Å². The molecule has 4 nitrogen and oxygen atoms in total. The molecule has 0 bridgehead atoms. The highest BCUT2D eigenvalue weighted by Gasteiger charge is 2.57. The molecule has 5 rings (SSSR count). The average Bonchev–Trinajstić information content (AvgIpc) is 3.38. The molecule has 0 amide bonds. The van der Waals surface area contributed by atoms with Crippen LogP contribution in [0.1, 0.15) is 11.1 Å². The van der Waals surface area contributed by atoms with Crippen LogP contribution < -0.4 is 0 Å². The Morgan fingerprint density at radius 3 is 2.47 bits per heavy atom. The van der Waals surface area contributed by atoms with Gasteiger partial charge in [0.05, 0.1) is 17.4 Å². The van der Waals surface area contributed by atoms with Crippen LogP contribution >= 0.6 is 15.9 Å². The first kappa shape index (κ1) is 20.7. The summed E-state index contributed by atoms with van der Waals surface area (Å²) < 4.78 is 58.3. The highest BCUT2D eigenvalue weighted by atomic mass is 79.9. The van der Waals surface area contributed by atoms with Gasteiger partial charge in [0.1, 0.15) is 5.82 Å². The van der Waals surface area contributed by atoms with Crippen molar-refractivity contribution in [1.82, 2.24) is 14.8 Å². The van der Waals surface area contributed by atoms with Gasteiger partial charge >= 0.3 is 6.18 Å². The number of fused-ring (bicyclic) bond motifs is 2. The third kappa shape index (κ3) is 3.03. The predicted octanol–water partition coefficient (Wildman–Crippen LogP) is 6.21. The Balaban J connectivity index is 1.71. The quantitative estimate of drug-likeness (QED) is 0.287. The van der Waals surface area contributed by atoms with Crippen molar-refractivity contribution in [2.24, 2.45) is 0 Å². The van der Waals surface area contributed by atoms with E-state index in [1.165, 1.54) is 59.5 Å². The number of benzene rings is 3. The molecule has 2 heterocycles. The third-order valence-corrected chi connectivity index (χ3v) is 6.17. The van der Waals surface area contributed by atoms with E-state index in [4.69, 9.17) is 0 Å². The molecule has 0 radical (unpaired) electrons. The summed E-state index contributed by atoms with van der Waals surface area (Å²) in [5.41, 5.74) is -2.38. The lowest BCUT2D eigenvalue weighted by Gasteiger charge is -2.31. The van der Waals surface area contributed by atoms with Gasteiger partial charge in [0.25, 0.3) is 0 Å². The van der Waals surface area contributed by atoms with Crippen molar-refractivity contribution in [1.29, 1.82) is 0 Å². The molecule has 0 fully saturated rings. The van der Waals surface area contributed by atoms with Crippen LogP contribution in [0.2, 0.25) is 0 Å². The minimum atomic E-state index is -5.00. The van der Waals surface area contributed by atoms with E-state index in [0.717, 1.165) is 0 Å². The monoisotopic (exact) mass is 503 g/mol. The molecule has 32 heavy (non-hydrogen) atoms. The summed E-state index contributed by atoms with van der Waals surface area (Å²) in [6, 6.07) is 14.5. The summed E-state index contributed by atoms with van der Waals surface area (Å²) in [5.74, 6) is -0.410. The smallest absolute Gasteiger partial charge is 0.372 e. The lowest BCUT2D eigenvalue weighted by molar-refractivity contribution is -0.247. The minimum Gasteiger partial charge on any atom is -0.372 e. The maximum atomic E-state index is 14.4. The minimum absolute atomic E-state index is 0.245. The Morgan fingerprint density at radius 1 is 1.00 bits per heavy atom. The van der Waals surface area contributed by atoms with Crippen molar-refractivity contribution in [3.63, 3.8) is 0 Å². The molecule has 2 aromatic heterocycles. The van der Waals surface area contributed by atoms with Crippen LogP contribution in [-0.4, -0.2) is 26.0 Å². The molecule has 0 aliphatic carbocycles. The van der Waals surface area contributed by atoms with E-state index in [1.807, 2.05) is 0 Å². The Bertz CT molecular complexity index is 1460. The van der Waals surface area contributed by atoms with Crippen LogP contribution in [0.4, 0.5) is 17.6 Å². The molecule has 0 spiro atoms. The Morgan fingerprint density at radius 2 is 1.75 bits per heavy atom. The standard InChI is InChI=1S/C23H14BrF4N3O/c24-18-2-1-3-19-21(18)17(12-29-19)22(32,23(26,27)28)14-4-9-20-13(10-14)11-30-31(20)16-7-5-15(25)6-8-16/h1-12,29,32H. The highest BCUT2D eigenvalue weighted by molar-refractivity contribution is 9.10. The first-order chi connectivity index (χ1) is 15.2. The molecule has 3 aromatic carbocycles. The van der Waals surface area contributed by atoms with Crippen molar-refractivity contribution in [3.8, 4) is 5.69 Å². The molecule has 2 N–H and O–H groups in total. The van der Waals surface area contributed by atoms with Crippen molar-refractivity contribution in [3.05, 3.63) is 94.5 Å². The van der Waals surface area contributed by atoms with Crippen LogP contribution in [0.25, 0.3) is 27.5 Å². The van der Waals surface area contributed by atoms with Crippen molar-refractivity contribution in [2.75, 3.05) is 0 Å². The molecule has 0 saturated heterocycles. The van der Waals surface area contributed by atoms with Gasteiger partial charge < -0.3 is 10.1 Å². The first-order valence-corrected chi connectivity index (χ1v) is 10.3.